The van der Waals surface area contributed by atoms with Crippen molar-refractivity contribution in [2.45, 2.75) is 114 Å². The number of para-hydroxylation sites is 2. The van der Waals surface area contributed by atoms with Gasteiger partial charge in [-0.3, -0.25) is 0 Å². The van der Waals surface area contributed by atoms with E-state index in [1.807, 2.05) is 39.8 Å². The Morgan fingerprint density at radius 3 is 0.710 bits per heavy atom. The highest BCUT2D eigenvalue weighted by Crippen LogP contribution is 2.03. The van der Waals surface area contributed by atoms with E-state index in [1.165, 1.54) is 44.9 Å². The molecule has 184 valence electrons. The molecule has 0 aliphatic rings. The van der Waals surface area contributed by atoms with E-state index in [1.54, 1.807) is 48.5 Å². The molecule has 0 spiro atoms. The molecular formula is C29H56O2. The van der Waals surface area contributed by atoms with Gasteiger partial charge in [0.05, 0.1) is 0 Å². The molecule has 0 aliphatic heterocycles. The molecule has 2 aromatic carbocycles. The molecule has 0 fully saturated rings. The fourth-order valence-corrected chi connectivity index (χ4v) is 1.56. The molecule has 0 radical (unpaired) electrons. The minimum atomic E-state index is 0.322. The average Bonchev–Trinajstić information content (AvgIpc) is 2.81. The first kappa shape index (κ1) is 39.5. The quantitative estimate of drug-likeness (QED) is 0.500. The van der Waals surface area contributed by atoms with E-state index in [2.05, 4.69) is 41.5 Å². The lowest BCUT2D eigenvalue weighted by Crippen LogP contribution is -1.59. The number of aromatic hydroxyl groups is 2. The third-order valence-electron chi connectivity index (χ3n) is 2.93. The number of unbranched alkanes of at least 4 members (excludes halogenated alkanes) is 4. The van der Waals surface area contributed by atoms with Crippen molar-refractivity contribution < 1.29 is 10.2 Å². The summed E-state index contributed by atoms with van der Waals surface area (Å²) in [4.78, 5) is 0. The number of hydrogen-bond donors (Lipinski definition) is 2. The molecule has 0 aromatic heterocycles. The fourth-order valence-electron chi connectivity index (χ4n) is 1.56. The summed E-state index contributed by atoms with van der Waals surface area (Å²) in [5.74, 6) is 0.644. The molecule has 2 N–H and O–H groups in total. The number of phenols is 2. The second kappa shape index (κ2) is 46.3. The molecule has 0 amide bonds. The van der Waals surface area contributed by atoms with E-state index in [0.29, 0.717) is 11.5 Å². The summed E-state index contributed by atoms with van der Waals surface area (Å²) in [7, 11) is 0. The fraction of sp³-hybridized carbons (Fsp3) is 0.586. The van der Waals surface area contributed by atoms with Crippen molar-refractivity contribution in [1.82, 2.24) is 0 Å². The zero-order valence-electron chi connectivity index (χ0n) is 22.6. The van der Waals surface area contributed by atoms with Gasteiger partial charge in [-0.15, -0.1) is 0 Å². The van der Waals surface area contributed by atoms with E-state index in [9.17, 15) is 0 Å². The number of phenolic OH excluding ortho intramolecular Hbond substituents is 2. The molecular weight excluding hydrogens is 380 g/mol. The van der Waals surface area contributed by atoms with Gasteiger partial charge in [-0.05, 0) is 24.3 Å². The molecule has 2 aromatic rings. The lowest BCUT2D eigenvalue weighted by atomic mass is 10.3. The van der Waals surface area contributed by atoms with Gasteiger partial charge in [0.2, 0.25) is 0 Å². The van der Waals surface area contributed by atoms with Crippen LogP contribution < -0.4 is 0 Å². The van der Waals surface area contributed by atoms with Gasteiger partial charge in [0, 0.05) is 0 Å². The van der Waals surface area contributed by atoms with E-state index < -0.39 is 0 Å². The molecule has 0 bridgehead atoms. The van der Waals surface area contributed by atoms with Gasteiger partial charge < -0.3 is 10.2 Å². The summed E-state index contributed by atoms with van der Waals surface area (Å²) in [6.45, 7) is 21.1. The zero-order chi connectivity index (χ0) is 25.2. The van der Waals surface area contributed by atoms with Crippen molar-refractivity contribution >= 4 is 0 Å². The summed E-state index contributed by atoms with van der Waals surface area (Å²) < 4.78 is 0. The van der Waals surface area contributed by atoms with Gasteiger partial charge in [0.15, 0.2) is 0 Å². The highest BCUT2D eigenvalue weighted by atomic mass is 16.3. The minimum absolute atomic E-state index is 0.322. The first-order chi connectivity index (χ1) is 15.0. The highest BCUT2D eigenvalue weighted by Gasteiger charge is 1.75. The minimum Gasteiger partial charge on any atom is -0.508 e. The molecule has 2 rings (SSSR count). The standard InChI is InChI=1S/2C6H6O.2C5H12.C3H8.2C2H6/c2*7-6-4-2-1-3-5-6;2*1-3-5-4-2;1-3-2;2*1-2/h2*1-5,7H;2*3-5H2,1-2H3;3H2,1-2H3;2*1-2H3. The maximum absolute atomic E-state index is 8.63. The Balaban J connectivity index is -0.0000000894. The second-order valence-electron chi connectivity index (χ2n) is 6.09. The largest absolute Gasteiger partial charge is 0.508 e. The van der Waals surface area contributed by atoms with Gasteiger partial charge in [-0.25, -0.2) is 0 Å². The van der Waals surface area contributed by atoms with Crippen molar-refractivity contribution in [1.29, 1.82) is 0 Å². The van der Waals surface area contributed by atoms with Crippen LogP contribution in [0.15, 0.2) is 60.7 Å². The predicted octanol–water partition coefficient (Wildman–Crippen LogP) is 10.6. The topological polar surface area (TPSA) is 40.5 Å². The number of hydrogen-bond acceptors (Lipinski definition) is 2. The van der Waals surface area contributed by atoms with Gasteiger partial charge in [-0.2, -0.15) is 0 Å². The van der Waals surface area contributed by atoms with Crippen LogP contribution in [-0.2, 0) is 0 Å². The summed E-state index contributed by atoms with van der Waals surface area (Å²) in [5, 5.41) is 17.3. The lowest BCUT2D eigenvalue weighted by Gasteiger charge is -1.82. The van der Waals surface area contributed by atoms with E-state index in [0.717, 1.165) is 0 Å². The van der Waals surface area contributed by atoms with Crippen LogP contribution in [0.1, 0.15) is 114 Å². The van der Waals surface area contributed by atoms with Crippen molar-refractivity contribution in [2.24, 2.45) is 0 Å². The Hall–Kier alpha value is -1.96. The van der Waals surface area contributed by atoms with E-state index >= 15 is 0 Å². The van der Waals surface area contributed by atoms with Crippen molar-refractivity contribution in [3.05, 3.63) is 60.7 Å². The molecule has 31 heavy (non-hydrogen) atoms. The molecule has 0 heterocycles. The zero-order valence-corrected chi connectivity index (χ0v) is 22.6. The maximum Gasteiger partial charge on any atom is 0.115 e. The summed E-state index contributed by atoms with van der Waals surface area (Å²) in [5.41, 5.74) is 0. The smallest absolute Gasteiger partial charge is 0.115 e. The monoisotopic (exact) mass is 436 g/mol. The van der Waals surface area contributed by atoms with Crippen LogP contribution >= 0.6 is 0 Å². The Morgan fingerprint density at radius 2 is 0.645 bits per heavy atom. The van der Waals surface area contributed by atoms with Crippen LogP contribution in [0.5, 0.6) is 11.5 Å². The average molecular weight is 437 g/mol. The lowest BCUT2D eigenvalue weighted by molar-refractivity contribution is 0.475. The number of benzene rings is 2. The van der Waals surface area contributed by atoms with Crippen LogP contribution in [0.25, 0.3) is 0 Å². The van der Waals surface area contributed by atoms with Crippen LogP contribution in [-0.4, -0.2) is 10.2 Å². The molecule has 2 heteroatoms. The van der Waals surface area contributed by atoms with Gasteiger partial charge in [0.25, 0.3) is 0 Å². The SMILES string of the molecule is CC.CC.CCC.CCCCC.CCCCC.Oc1ccccc1.Oc1ccccc1. The first-order valence-electron chi connectivity index (χ1n) is 12.5. The molecule has 0 atom stereocenters. The summed E-state index contributed by atoms with van der Waals surface area (Å²) >= 11 is 0. The van der Waals surface area contributed by atoms with Crippen molar-refractivity contribution in [2.75, 3.05) is 0 Å². The van der Waals surface area contributed by atoms with Gasteiger partial charge in [0.1, 0.15) is 11.5 Å². The molecule has 0 saturated heterocycles. The Labute approximate surface area is 196 Å². The van der Waals surface area contributed by atoms with Gasteiger partial charge >= 0.3 is 0 Å². The molecule has 0 saturated carbocycles. The molecule has 0 unspecified atom stereocenters. The van der Waals surface area contributed by atoms with E-state index in [4.69, 9.17) is 10.2 Å². The molecule has 2 nitrogen and oxygen atoms in total. The molecule has 0 aliphatic carbocycles. The predicted molar refractivity (Wildman–Crippen MR) is 145 cm³/mol. The maximum atomic E-state index is 8.63. The number of rotatable bonds is 4. The van der Waals surface area contributed by atoms with Crippen LogP contribution in [0.2, 0.25) is 0 Å². The van der Waals surface area contributed by atoms with E-state index in [-0.39, 0.29) is 0 Å². The first-order valence-corrected chi connectivity index (χ1v) is 12.5. The van der Waals surface area contributed by atoms with Crippen molar-refractivity contribution in [3.63, 3.8) is 0 Å². The third-order valence-corrected chi connectivity index (χ3v) is 2.93. The van der Waals surface area contributed by atoms with Gasteiger partial charge in [-0.1, -0.05) is 151 Å². The summed E-state index contributed by atoms with van der Waals surface area (Å²) in [6, 6.07) is 17.4. The highest BCUT2D eigenvalue weighted by molar-refractivity contribution is 5.19. The Bertz CT molecular complexity index is 393. The van der Waals surface area contributed by atoms with Crippen LogP contribution in [0, 0.1) is 0 Å². The normalized spacial score (nSPS) is 7.55. The Kier molecular flexibility index (Phi) is 59.0. The van der Waals surface area contributed by atoms with Crippen LogP contribution in [0.4, 0.5) is 0 Å². The van der Waals surface area contributed by atoms with Crippen molar-refractivity contribution in [3.8, 4) is 11.5 Å². The third kappa shape index (κ3) is 58.4. The second-order valence-corrected chi connectivity index (χ2v) is 6.09. The summed E-state index contributed by atoms with van der Waals surface area (Å²) in [6.07, 6.45) is 9.40. The van der Waals surface area contributed by atoms with Crippen LogP contribution in [0.3, 0.4) is 0 Å². The Morgan fingerprint density at radius 1 is 0.452 bits per heavy atom.